The van der Waals surface area contributed by atoms with Gasteiger partial charge in [-0.3, -0.25) is 0 Å². The van der Waals surface area contributed by atoms with Crippen LogP contribution in [0.3, 0.4) is 0 Å². The standard InChI is InChI=1S/C11H20/c1-3-8(2)9-4-5-10-7-11(10)6-9/h8-11H,3-7H2,1-2H3. The summed E-state index contributed by atoms with van der Waals surface area (Å²) in [5, 5.41) is 0. The molecule has 0 amide bonds. The van der Waals surface area contributed by atoms with Gasteiger partial charge in [-0.2, -0.15) is 0 Å². The number of hydrogen-bond donors (Lipinski definition) is 0. The molecular formula is C11H20. The van der Waals surface area contributed by atoms with E-state index in [1.54, 1.807) is 19.3 Å². The normalized spacial score (nSPS) is 44.7. The number of hydrogen-bond acceptors (Lipinski definition) is 0. The Hall–Kier alpha value is 0. The van der Waals surface area contributed by atoms with E-state index in [0.29, 0.717) is 0 Å². The van der Waals surface area contributed by atoms with Gasteiger partial charge in [0.15, 0.2) is 0 Å². The van der Waals surface area contributed by atoms with Gasteiger partial charge in [0.25, 0.3) is 0 Å². The van der Waals surface area contributed by atoms with Gasteiger partial charge in [-0.25, -0.2) is 0 Å². The van der Waals surface area contributed by atoms with E-state index in [9.17, 15) is 0 Å². The molecule has 0 aliphatic heterocycles. The van der Waals surface area contributed by atoms with Gasteiger partial charge in [-0.15, -0.1) is 0 Å². The Morgan fingerprint density at radius 1 is 1.18 bits per heavy atom. The van der Waals surface area contributed by atoms with Crippen molar-refractivity contribution in [3.63, 3.8) is 0 Å². The fourth-order valence-electron chi connectivity index (χ4n) is 2.74. The molecule has 0 heterocycles. The summed E-state index contributed by atoms with van der Waals surface area (Å²) in [6.45, 7) is 4.77. The van der Waals surface area contributed by atoms with Crippen LogP contribution < -0.4 is 0 Å². The molecule has 0 aromatic rings. The third-order valence-corrected chi connectivity index (χ3v) is 4.03. The molecule has 2 aliphatic rings. The van der Waals surface area contributed by atoms with Gasteiger partial charge in [0.2, 0.25) is 0 Å². The fourth-order valence-corrected chi connectivity index (χ4v) is 2.74. The molecule has 0 N–H and O–H groups in total. The maximum Gasteiger partial charge on any atom is -0.0380 e. The van der Waals surface area contributed by atoms with E-state index >= 15 is 0 Å². The predicted octanol–water partition coefficient (Wildman–Crippen LogP) is 3.47. The summed E-state index contributed by atoms with van der Waals surface area (Å²) in [4.78, 5) is 0. The minimum atomic E-state index is 0.997. The maximum absolute atomic E-state index is 2.44. The quantitative estimate of drug-likeness (QED) is 0.568. The van der Waals surface area contributed by atoms with Crippen LogP contribution in [-0.4, -0.2) is 0 Å². The zero-order chi connectivity index (χ0) is 7.84. The van der Waals surface area contributed by atoms with Gasteiger partial charge in [0.1, 0.15) is 0 Å². The van der Waals surface area contributed by atoms with Crippen molar-refractivity contribution in [3.8, 4) is 0 Å². The fraction of sp³-hybridized carbons (Fsp3) is 1.00. The summed E-state index contributed by atoms with van der Waals surface area (Å²) in [7, 11) is 0. The van der Waals surface area contributed by atoms with Crippen LogP contribution in [0.15, 0.2) is 0 Å². The van der Waals surface area contributed by atoms with Crippen LogP contribution in [0, 0.1) is 23.7 Å². The average molecular weight is 152 g/mol. The first-order chi connectivity index (χ1) is 5.31. The minimum absolute atomic E-state index is 0.997. The van der Waals surface area contributed by atoms with Crippen molar-refractivity contribution in [1.82, 2.24) is 0 Å². The molecular weight excluding hydrogens is 132 g/mol. The summed E-state index contributed by atoms with van der Waals surface area (Å²) < 4.78 is 0. The Bertz CT molecular complexity index is 139. The van der Waals surface area contributed by atoms with Gasteiger partial charge >= 0.3 is 0 Å². The van der Waals surface area contributed by atoms with Gasteiger partial charge in [-0.05, 0) is 49.4 Å². The van der Waals surface area contributed by atoms with Crippen LogP contribution in [0.5, 0.6) is 0 Å². The van der Waals surface area contributed by atoms with Crippen LogP contribution in [0.2, 0.25) is 0 Å². The average Bonchev–Trinajstić information content (AvgIpc) is 2.80. The topological polar surface area (TPSA) is 0 Å². The first kappa shape index (κ1) is 7.64. The molecule has 4 unspecified atom stereocenters. The van der Waals surface area contributed by atoms with Crippen molar-refractivity contribution in [2.45, 2.75) is 46.0 Å². The molecule has 2 rings (SSSR count). The molecule has 2 saturated carbocycles. The molecule has 0 aromatic carbocycles. The summed E-state index contributed by atoms with van der Waals surface area (Å²) >= 11 is 0. The highest BCUT2D eigenvalue weighted by Crippen LogP contribution is 2.52. The zero-order valence-electron chi connectivity index (χ0n) is 7.84. The third-order valence-electron chi connectivity index (χ3n) is 4.03. The van der Waals surface area contributed by atoms with Gasteiger partial charge in [-0.1, -0.05) is 20.3 Å². The molecule has 0 radical (unpaired) electrons. The van der Waals surface area contributed by atoms with E-state index in [2.05, 4.69) is 13.8 Å². The molecule has 0 nitrogen and oxygen atoms in total. The molecule has 2 fully saturated rings. The second-order valence-corrected chi connectivity index (χ2v) is 4.71. The van der Waals surface area contributed by atoms with E-state index in [1.807, 2.05) is 0 Å². The van der Waals surface area contributed by atoms with E-state index in [4.69, 9.17) is 0 Å². The van der Waals surface area contributed by atoms with Gasteiger partial charge in [0.05, 0.1) is 0 Å². The van der Waals surface area contributed by atoms with Crippen LogP contribution in [0.1, 0.15) is 46.0 Å². The Morgan fingerprint density at radius 2 is 2.00 bits per heavy atom. The second-order valence-electron chi connectivity index (χ2n) is 4.71. The summed E-state index contributed by atoms with van der Waals surface area (Å²) in [5.41, 5.74) is 0. The molecule has 0 bridgehead atoms. The lowest BCUT2D eigenvalue weighted by Gasteiger charge is -2.26. The Labute approximate surface area is 70.4 Å². The van der Waals surface area contributed by atoms with Crippen molar-refractivity contribution < 1.29 is 0 Å². The molecule has 11 heavy (non-hydrogen) atoms. The van der Waals surface area contributed by atoms with Crippen LogP contribution in [0.4, 0.5) is 0 Å². The highest BCUT2D eigenvalue weighted by molar-refractivity contribution is 4.93. The lowest BCUT2D eigenvalue weighted by atomic mass is 9.80. The van der Waals surface area contributed by atoms with Crippen molar-refractivity contribution in [2.24, 2.45) is 23.7 Å². The Kier molecular flexibility index (Phi) is 1.95. The molecule has 64 valence electrons. The van der Waals surface area contributed by atoms with Crippen molar-refractivity contribution in [2.75, 3.05) is 0 Å². The number of rotatable bonds is 2. The van der Waals surface area contributed by atoms with Gasteiger partial charge < -0.3 is 0 Å². The minimum Gasteiger partial charge on any atom is -0.0651 e. The molecule has 2 aliphatic carbocycles. The highest BCUT2D eigenvalue weighted by atomic mass is 14.5. The smallest absolute Gasteiger partial charge is 0.0380 e. The van der Waals surface area contributed by atoms with E-state index in [0.717, 1.165) is 11.8 Å². The zero-order valence-corrected chi connectivity index (χ0v) is 7.84. The molecule has 4 atom stereocenters. The Balaban J connectivity index is 1.84. The summed E-state index contributed by atoms with van der Waals surface area (Å²) in [6.07, 6.45) is 7.63. The predicted molar refractivity (Wildman–Crippen MR) is 48.4 cm³/mol. The molecule has 0 saturated heterocycles. The van der Waals surface area contributed by atoms with E-state index < -0.39 is 0 Å². The highest BCUT2D eigenvalue weighted by Gasteiger charge is 2.42. The summed E-state index contributed by atoms with van der Waals surface area (Å²) in [6, 6.07) is 0. The van der Waals surface area contributed by atoms with Crippen LogP contribution in [0.25, 0.3) is 0 Å². The molecule has 0 aromatic heterocycles. The number of fused-ring (bicyclic) bond motifs is 1. The van der Waals surface area contributed by atoms with Crippen molar-refractivity contribution >= 4 is 0 Å². The molecule has 0 spiro atoms. The second kappa shape index (κ2) is 2.80. The maximum atomic E-state index is 2.44. The van der Waals surface area contributed by atoms with Crippen molar-refractivity contribution in [1.29, 1.82) is 0 Å². The summed E-state index contributed by atoms with van der Waals surface area (Å²) in [5.74, 6) is 4.43. The lowest BCUT2D eigenvalue weighted by Crippen LogP contribution is -2.15. The monoisotopic (exact) mass is 152 g/mol. The molecule has 0 heteroatoms. The largest absolute Gasteiger partial charge is 0.0651 e. The SMILES string of the molecule is CCC(C)C1CCC2CC2C1. The first-order valence-electron chi connectivity index (χ1n) is 5.31. The van der Waals surface area contributed by atoms with Crippen LogP contribution >= 0.6 is 0 Å². The Morgan fingerprint density at radius 3 is 2.64 bits per heavy atom. The van der Waals surface area contributed by atoms with Crippen molar-refractivity contribution in [3.05, 3.63) is 0 Å². The van der Waals surface area contributed by atoms with E-state index in [-0.39, 0.29) is 0 Å². The lowest BCUT2D eigenvalue weighted by molar-refractivity contribution is 0.249. The third kappa shape index (κ3) is 1.45. The first-order valence-corrected chi connectivity index (χ1v) is 5.31. The van der Waals surface area contributed by atoms with Gasteiger partial charge in [0, 0.05) is 0 Å². The van der Waals surface area contributed by atoms with Crippen LogP contribution in [-0.2, 0) is 0 Å². The van der Waals surface area contributed by atoms with E-state index in [1.165, 1.54) is 24.7 Å².